The fourth-order valence-electron chi connectivity index (χ4n) is 9.93. The first-order valence-corrected chi connectivity index (χ1v) is 21.0. The van der Waals surface area contributed by atoms with Gasteiger partial charge in [-0.05, 0) is 77.3 Å². The molecule has 10 rings (SSSR count). The quantitative estimate of drug-likeness (QED) is 0.0876. The predicted octanol–water partition coefficient (Wildman–Crippen LogP) is 7.34. The number of aromatic amines is 1. The topological polar surface area (TPSA) is 140 Å². The summed E-state index contributed by atoms with van der Waals surface area (Å²) in [6.45, 7) is 1.22. The van der Waals surface area contributed by atoms with Crippen molar-refractivity contribution in [3.63, 3.8) is 0 Å². The third-order valence-corrected chi connectivity index (χ3v) is 12.5. The van der Waals surface area contributed by atoms with Crippen LogP contribution in [0.2, 0.25) is 0 Å². The van der Waals surface area contributed by atoms with Gasteiger partial charge < -0.3 is 25.5 Å². The Morgan fingerprint density at radius 2 is 1.51 bits per heavy atom. The van der Waals surface area contributed by atoms with Crippen molar-refractivity contribution in [2.75, 3.05) is 18.9 Å². The van der Waals surface area contributed by atoms with Gasteiger partial charge in [0.15, 0.2) is 0 Å². The van der Waals surface area contributed by atoms with E-state index in [1.54, 1.807) is 24.3 Å². The van der Waals surface area contributed by atoms with E-state index in [9.17, 15) is 5.11 Å². The number of imidazole rings is 1. The predicted molar refractivity (Wildman–Crippen MR) is 239 cm³/mol. The molecule has 0 unspecified atom stereocenters. The van der Waals surface area contributed by atoms with Gasteiger partial charge in [-0.2, -0.15) is 0 Å². The number of cyclic esters (lactones) is 1. The Balaban J connectivity index is 1.14. The van der Waals surface area contributed by atoms with Gasteiger partial charge in [-0.25, -0.2) is 4.98 Å². The van der Waals surface area contributed by atoms with Crippen LogP contribution >= 0.6 is 0 Å². The van der Waals surface area contributed by atoms with Gasteiger partial charge in [0.05, 0.1) is 42.1 Å². The number of benzene rings is 6. The van der Waals surface area contributed by atoms with Gasteiger partial charge in [0.2, 0.25) is 11.8 Å². The lowest BCUT2D eigenvalue weighted by atomic mass is 9.65. The zero-order valence-electron chi connectivity index (χ0n) is 34.4. The van der Waals surface area contributed by atoms with Gasteiger partial charge in [-0.1, -0.05) is 127 Å². The highest BCUT2D eigenvalue weighted by Crippen LogP contribution is 2.64. The van der Waals surface area contributed by atoms with E-state index in [1.807, 2.05) is 133 Å². The summed E-state index contributed by atoms with van der Waals surface area (Å²) in [6, 6.07) is 46.5. The third-order valence-electron chi connectivity index (χ3n) is 12.5. The van der Waals surface area contributed by atoms with E-state index in [-0.39, 0.29) is 12.3 Å². The number of hydrogen-bond donors (Lipinski definition) is 4. The van der Waals surface area contributed by atoms with Crippen molar-refractivity contribution >= 4 is 34.5 Å². The van der Waals surface area contributed by atoms with E-state index in [0.717, 1.165) is 28.7 Å². The number of nitrogens with one attached hydrogen (secondary N) is 3. The van der Waals surface area contributed by atoms with Gasteiger partial charge in [0, 0.05) is 17.8 Å². The number of hydrogen-bond acceptors (Lipinski definition) is 8. The van der Waals surface area contributed by atoms with Gasteiger partial charge in [-0.3, -0.25) is 24.2 Å². The van der Waals surface area contributed by atoms with Crippen LogP contribution in [-0.2, 0) is 37.6 Å². The zero-order valence-corrected chi connectivity index (χ0v) is 34.4. The molecule has 11 heteroatoms. The number of carbonyl (C=O) groups excluding carboxylic acids is 3. The Labute approximate surface area is 364 Å². The SMILES string of the molecule is CN(CC#Cc1ccc2c(c1)[C@]1(C(=O)N2)[C@H](c2ccc(O)cc2)N2[C@H](c3ccccc3)[C@H](c3ccccc3)OC(=O)[C@H]2[C@@H]1C(=O)NCc1nc2ccccc2[nH]1)Cc1ccccc1. The summed E-state index contributed by atoms with van der Waals surface area (Å²) in [5.41, 5.74) is 4.99. The van der Waals surface area contributed by atoms with Gasteiger partial charge in [-0.15, -0.1) is 0 Å². The Morgan fingerprint density at radius 1 is 0.825 bits per heavy atom. The van der Waals surface area contributed by atoms with Crippen LogP contribution in [0.4, 0.5) is 5.69 Å². The molecule has 6 aromatic carbocycles. The van der Waals surface area contributed by atoms with Crippen molar-refractivity contribution in [2.24, 2.45) is 5.92 Å². The number of rotatable bonds is 9. The number of amides is 2. The molecular formula is C52H44N6O5. The molecule has 1 spiro atoms. The van der Waals surface area contributed by atoms with Crippen LogP contribution in [0, 0.1) is 17.8 Å². The minimum absolute atomic E-state index is 0.0109. The number of phenolic OH excluding ortho intramolecular Hbond substituents is 1. The summed E-state index contributed by atoms with van der Waals surface area (Å²) in [5, 5.41) is 16.9. The Morgan fingerprint density at radius 3 is 2.24 bits per heavy atom. The molecule has 4 heterocycles. The van der Waals surface area contributed by atoms with E-state index in [4.69, 9.17) is 9.72 Å². The number of para-hydroxylation sites is 2. The average Bonchev–Trinajstić information content (AvgIpc) is 3.96. The molecule has 0 saturated carbocycles. The van der Waals surface area contributed by atoms with Gasteiger partial charge in [0.25, 0.3) is 0 Å². The van der Waals surface area contributed by atoms with E-state index < -0.39 is 53.3 Å². The smallest absolute Gasteiger partial charge is 0.324 e. The Hall–Kier alpha value is -7.52. The second-order valence-corrected chi connectivity index (χ2v) is 16.4. The molecule has 6 atom stereocenters. The molecule has 3 aliphatic heterocycles. The average molecular weight is 833 g/mol. The first-order valence-electron chi connectivity index (χ1n) is 21.0. The lowest BCUT2D eigenvalue weighted by Gasteiger charge is -2.46. The minimum atomic E-state index is -1.70. The molecular weight excluding hydrogens is 789 g/mol. The lowest BCUT2D eigenvalue weighted by molar-refractivity contribution is -0.178. The number of esters is 1. The number of carbonyl (C=O) groups is 3. The Kier molecular flexibility index (Phi) is 10.3. The first-order chi connectivity index (χ1) is 30.8. The van der Waals surface area contributed by atoms with E-state index >= 15 is 14.4 Å². The number of nitrogens with zero attached hydrogens (tertiary/aromatic N) is 3. The van der Waals surface area contributed by atoms with Crippen LogP contribution in [0.1, 0.15) is 57.4 Å². The van der Waals surface area contributed by atoms with Crippen molar-refractivity contribution < 1.29 is 24.2 Å². The number of fused-ring (bicyclic) bond motifs is 4. The fraction of sp³-hybridized carbons (Fsp3) is 0.192. The molecule has 3 aliphatic rings. The second-order valence-electron chi connectivity index (χ2n) is 16.4. The summed E-state index contributed by atoms with van der Waals surface area (Å²) in [4.78, 5) is 58.1. The summed E-state index contributed by atoms with van der Waals surface area (Å²) in [6.07, 6.45) is -0.805. The van der Waals surface area contributed by atoms with Crippen LogP contribution < -0.4 is 10.6 Å². The Bertz CT molecular complexity index is 2860. The largest absolute Gasteiger partial charge is 0.508 e. The highest BCUT2D eigenvalue weighted by Gasteiger charge is 2.74. The van der Waals surface area contributed by atoms with Crippen molar-refractivity contribution in [1.29, 1.82) is 0 Å². The number of aromatic hydroxyl groups is 1. The first kappa shape index (κ1) is 39.6. The maximum Gasteiger partial charge on any atom is 0.324 e. The third kappa shape index (κ3) is 7.09. The van der Waals surface area contributed by atoms with Crippen LogP contribution in [-0.4, -0.2) is 62.3 Å². The molecule has 2 fully saturated rings. The molecule has 11 nitrogen and oxygen atoms in total. The van der Waals surface area contributed by atoms with Crippen molar-refractivity contribution in [3.05, 3.63) is 197 Å². The van der Waals surface area contributed by atoms with Crippen LogP contribution in [0.15, 0.2) is 158 Å². The monoisotopic (exact) mass is 832 g/mol. The van der Waals surface area contributed by atoms with Crippen molar-refractivity contribution in [1.82, 2.24) is 25.1 Å². The second kappa shape index (κ2) is 16.4. The molecule has 4 N–H and O–H groups in total. The van der Waals surface area contributed by atoms with Gasteiger partial charge in [0.1, 0.15) is 29.1 Å². The molecule has 0 bridgehead atoms. The van der Waals surface area contributed by atoms with Gasteiger partial charge >= 0.3 is 5.97 Å². The van der Waals surface area contributed by atoms with E-state index in [0.29, 0.717) is 34.7 Å². The molecule has 1 aromatic heterocycles. The number of phenols is 1. The van der Waals surface area contributed by atoms with Crippen molar-refractivity contribution in [2.45, 2.75) is 42.7 Å². The molecule has 7 aromatic rings. The normalized spacial score (nSPS) is 22.5. The molecule has 2 saturated heterocycles. The number of anilines is 1. The number of morpholine rings is 1. The fourth-order valence-corrected chi connectivity index (χ4v) is 9.93. The maximum absolute atomic E-state index is 15.5. The molecule has 2 amide bonds. The number of ether oxygens (including phenoxy) is 1. The van der Waals surface area contributed by atoms with E-state index in [1.165, 1.54) is 5.56 Å². The maximum atomic E-state index is 15.5. The summed E-state index contributed by atoms with van der Waals surface area (Å²) < 4.78 is 6.53. The molecule has 63 heavy (non-hydrogen) atoms. The minimum Gasteiger partial charge on any atom is -0.508 e. The van der Waals surface area contributed by atoms with Crippen LogP contribution in [0.25, 0.3) is 11.0 Å². The van der Waals surface area contributed by atoms with Crippen molar-refractivity contribution in [3.8, 4) is 17.6 Å². The summed E-state index contributed by atoms with van der Waals surface area (Å²) in [5.74, 6) is 4.32. The molecule has 312 valence electrons. The standard InChI is InChI=1S/C52H44N6O5/c1-57(32-34-14-5-2-6-15-34)29-13-16-33-23-28-40-39(30-33)52(51(62)56-40)44(49(60)53-31-43-54-41-21-11-12-22-42(41)55-43)46-50(61)63-47(36-19-9-4-10-20-36)45(35-17-7-3-8-18-35)58(46)48(52)37-24-26-38(59)27-25-37/h2-12,14-15,17-28,30,44-48,59H,29,31-32H2,1H3,(H,53,60)(H,54,55)(H,56,62)/t44-,45-,46-,47+,48+,52-/m1/s1. The zero-order chi connectivity index (χ0) is 43.1. The molecule has 0 aliphatic carbocycles. The van der Waals surface area contributed by atoms with Crippen LogP contribution in [0.3, 0.4) is 0 Å². The van der Waals surface area contributed by atoms with E-state index in [2.05, 4.69) is 44.5 Å². The molecule has 0 radical (unpaired) electrons. The highest BCUT2D eigenvalue weighted by atomic mass is 16.6. The summed E-state index contributed by atoms with van der Waals surface area (Å²) >= 11 is 0. The summed E-state index contributed by atoms with van der Waals surface area (Å²) in [7, 11) is 2.01. The highest BCUT2D eigenvalue weighted by molar-refractivity contribution is 6.12. The number of H-pyrrole nitrogens is 1. The number of aromatic nitrogens is 2. The lowest BCUT2D eigenvalue weighted by Crippen LogP contribution is -2.54. The van der Waals surface area contributed by atoms with Crippen LogP contribution in [0.5, 0.6) is 5.75 Å².